The monoisotopic (exact) mass is 400 g/mol. The van der Waals surface area contributed by atoms with E-state index in [1.54, 1.807) is 11.0 Å². The van der Waals surface area contributed by atoms with Crippen LogP contribution in [0, 0.1) is 16.0 Å². The van der Waals surface area contributed by atoms with Gasteiger partial charge >= 0.3 is 0 Å². The van der Waals surface area contributed by atoms with E-state index in [1.807, 2.05) is 30.3 Å². The molecule has 1 N–H and O–H groups in total. The van der Waals surface area contributed by atoms with E-state index >= 15 is 0 Å². The Hall–Kier alpha value is -3.26. The van der Waals surface area contributed by atoms with Crippen molar-refractivity contribution in [1.29, 1.82) is 0 Å². The van der Waals surface area contributed by atoms with E-state index in [1.165, 1.54) is 18.3 Å². The van der Waals surface area contributed by atoms with Crippen LogP contribution in [-0.4, -0.2) is 34.4 Å². The maximum atomic E-state index is 12.3. The summed E-state index contributed by atoms with van der Waals surface area (Å²) in [4.78, 5) is 36.4. The van der Waals surface area contributed by atoms with Gasteiger partial charge in [-0.3, -0.25) is 19.7 Å². The normalized spacial score (nSPS) is 16.5. The summed E-state index contributed by atoms with van der Waals surface area (Å²) in [6, 6.07) is 13.8. The van der Waals surface area contributed by atoms with Gasteiger partial charge in [0.15, 0.2) is 0 Å². The molecule has 1 saturated heterocycles. The summed E-state index contributed by atoms with van der Waals surface area (Å²) in [7, 11) is 0. The molecule has 2 aromatic carbocycles. The summed E-state index contributed by atoms with van der Waals surface area (Å²) in [5.41, 5.74) is 3.57. The summed E-state index contributed by atoms with van der Waals surface area (Å²) in [6.45, 7) is 0.780. The molecule has 0 bridgehead atoms. The van der Waals surface area contributed by atoms with Crippen molar-refractivity contribution >= 4 is 35.3 Å². The Morgan fingerprint density at radius 3 is 2.79 bits per heavy atom. The number of nitro benzene ring substituents is 1. The molecule has 28 heavy (non-hydrogen) atoms. The number of likely N-dealkylation sites (tertiary alicyclic amines) is 1. The van der Waals surface area contributed by atoms with Crippen LogP contribution in [0.15, 0.2) is 53.6 Å². The third kappa shape index (κ3) is 4.72. The van der Waals surface area contributed by atoms with Gasteiger partial charge in [0, 0.05) is 31.1 Å². The number of hydrogen-bond donors (Lipinski definition) is 1. The summed E-state index contributed by atoms with van der Waals surface area (Å²) in [5.74, 6) is -0.946. The van der Waals surface area contributed by atoms with Crippen LogP contribution in [0.1, 0.15) is 17.5 Å². The Kier molecular flexibility index (Phi) is 6.00. The maximum Gasteiger partial charge on any atom is 0.288 e. The molecule has 0 aliphatic carbocycles. The van der Waals surface area contributed by atoms with Gasteiger partial charge in [-0.05, 0) is 11.6 Å². The lowest BCUT2D eigenvalue weighted by molar-refractivity contribution is -0.384. The van der Waals surface area contributed by atoms with E-state index in [-0.39, 0.29) is 28.9 Å². The number of nitro groups is 1. The number of carbonyl (C=O) groups excluding carboxylic acids is 2. The van der Waals surface area contributed by atoms with Crippen molar-refractivity contribution in [3.63, 3.8) is 0 Å². The maximum absolute atomic E-state index is 12.3. The quantitative estimate of drug-likeness (QED) is 0.457. The number of benzene rings is 2. The lowest BCUT2D eigenvalue weighted by Gasteiger charge is -2.16. The fourth-order valence-electron chi connectivity index (χ4n) is 2.92. The second-order valence-corrected chi connectivity index (χ2v) is 6.77. The highest BCUT2D eigenvalue weighted by atomic mass is 35.5. The van der Waals surface area contributed by atoms with Gasteiger partial charge in [-0.2, -0.15) is 5.10 Å². The van der Waals surface area contributed by atoms with Gasteiger partial charge in [0.25, 0.3) is 5.69 Å². The van der Waals surface area contributed by atoms with Crippen molar-refractivity contribution in [2.24, 2.45) is 11.0 Å². The number of carbonyl (C=O) groups is 2. The lowest BCUT2D eigenvalue weighted by Crippen LogP contribution is -2.30. The summed E-state index contributed by atoms with van der Waals surface area (Å²) in [6.07, 6.45) is 1.42. The summed E-state index contributed by atoms with van der Waals surface area (Å²) < 4.78 is 0. The van der Waals surface area contributed by atoms with E-state index in [0.29, 0.717) is 18.7 Å². The van der Waals surface area contributed by atoms with Gasteiger partial charge < -0.3 is 4.90 Å². The topological polar surface area (TPSA) is 105 Å². The SMILES string of the molecule is O=C(N/N=C/c1ccc(Cl)c([N+](=O)[O-])c1)C1CC(=O)N(Cc2ccccc2)C1. The van der Waals surface area contributed by atoms with Gasteiger partial charge in [-0.1, -0.05) is 48.0 Å². The molecule has 0 saturated carbocycles. The lowest BCUT2D eigenvalue weighted by atomic mass is 10.1. The fraction of sp³-hybridized carbons (Fsp3) is 0.211. The van der Waals surface area contributed by atoms with Crippen molar-refractivity contribution in [3.05, 3.63) is 74.8 Å². The number of rotatable bonds is 6. The standard InChI is InChI=1S/C19H17ClN4O4/c20-16-7-6-14(8-17(16)24(27)28)10-21-22-19(26)15-9-18(25)23(12-15)11-13-4-2-1-3-5-13/h1-8,10,15H,9,11-12H2,(H,22,26)/b21-10+. The second kappa shape index (κ2) is 8.62. The first-order valence-corrected chi connectivity index (χ1v) is 8.90. The molecule has 1 fully saturated rings. The number of halogens is 1. The van der Waals surface area contributed by atoms with Crippen molar-refractivity contribution in [2.75, 3.05) is 6.54 Å². The largest absolute Gasteiger partial charge is 0.338 e. The molecule has 2 aromatic rings. The average molecular weight is 401 g/mol. The van der Waals surface area contributed by atoms with Crippen molar-refractivity contribution in [3.8, 4) is 0 Å². The number of hydrazone groups is 1. The molecule has 8 nitrogen and oxygen atoms in total. The predicted molar refractivity (Wildman–Crippen MR) is 104 cm³/mol. The minimum absolute atomic E-state index is 0.0224. The number of nitrogens with zero attached hydrogens (tertiary/aromatic N) is 3. The molecule has 0 radical (unpaired) electrons. The van der Waals surface area contributed by atoms with E-state index in [4.69, 9.17) is 11.6 Å². The first kappa shape index (κ1) is 19.5. The predicted octanol–water partition coefficient (Wildman–Crippen LogP) is 2.75. The molecule has 144 valence electrons. The molecule has 2 amide bonds. The van der Waals surface area contributed by atoms with Crippen LogP contribution in [0.4, 0.5) is 5.69 Å². The van der Waals surface area contributed by atoms with E-state index in [0.717, 1.165) is 5.56 Å². The van der Waals surface area contributed by atoms with Gasteiger partial charge in [-0.15, -0.1) is 0 Å². The van der Waals surface area contributed by atoms with Crippen LogP contribution in [0.5, 0.6) is 0 Å². The number of hydrogen-bond acceptors (Lipinski definition) is 5. The second-order valence-electron chi connectivity index (χ2n) is 6.36. The van der Waals surface area contributed by atoms with Crippen molar-refractivity contribution < 1.29 is 14.5 Å². The third-order valence-electron chi connectivity index (χ3n) is 4.36. The van der Waals surface area contributed by atoms with Crippen LogP contribution < -0.4 is 5.43 Å². The average Bonchev–Trinajstić information content (AvgIpc) is 3.04. The van der Waals surface area contributed by atoms with Crippen LogP contribution in [0.3, 0.4) is 0 Å². The smallest absolute Gasteiger partial charge is 0.288 e. The van der Waals surface area contributed by atoms with E-state index in [9.17, 15) is 19.7 Å². The molecule has 0 aromatic heterocycles. The van der Waals surface area contributed by atoms with Gasteiger partial charge in [0.05, 0.1) is 17.1 Å². The molecule has 1 heterocycles. The van der Waals surface area contributed by atoms with Crippen LogP contribution in [-0.2, 0) is 16.1 Å². The zero-order valence-electron chi connectivity index (χ0n) is 14.7. The Morgan fingerprint density at radius 1 is 1.32 bits per heavy atom. The van der Waals surface area contributed by atoms with E-state index in [2.05, 4.69) is 10.5 Å². The minimum Gasteiger partial charge on any atom is -0.338 e. The first-order valence-electron chi connectivity index (χ1n) is 8.52. The van der Waals surface area contributed by atoms with E-state index < -0.39 is 10.8 Å². The molecule has 1 unspecified atom stereocenters. The van der Waals surface area contributed by atoms with Crippen LogP contribution in [0.2, 0.25) is 5.02 Å². The molecular formula is C19H17ClN4O4. The molecule has 1 aliphatic rings. The highest BCUT2D eigenvalue weighted by Gasteiger charge is 2.34. The molecule has 0 spiro atoms. The zero-order valence-corrected chi connectivity index (χ0v) is 15.5. The third-order valence-corrected chi connectivity index (χ3v) is 4.68. The van der Waals surface area contributed by atoms with Crippen LogP contribution >= 0.6 is 11.6 Å². The van der Waals surface area contributed by atoms with Gasteiger partial charge in [0.2, 0.25) is 11.8 Å². The highest BCUT2D eigenvalue weighted by molar-refractivity contribution is 6.32. The fourth-order valence-corrected chi connectivity index (χ4v) is 3.10. The molecule has 3 rings (SSSR count). The first-order chi connectivity index (χ1) is 13.4. The Bertz CT molecular complexity index is 933. The number of amides is 2. The number of nitrogens with one attached hydrogen (secondary N) is 1. The molecular weight excluding hydrogens is 384 g/mol. The van der Waals surface area contributed by atoms with Gasteiger partial charge in [0.1, 0.15) is 5.02 Å². The Labute approximate surface area is 165 Å². The highest BCUT2D eigenvalue weighted by Crippen LogP contribution is 2.24. The minimum atomic E-state index is -0.594. The summed E-state index contributed by atoms with van der Waals surface area (Å²) in [5, 5.41) is 14.7. The summed E-state index contributed by atoms with van der Waals surface area (Å²) >= 11 is 5.75. The van der Waals surface area contributed by atoms with Crippen LogP contribution in [0.25, 0.3) is 0 Å². The Morgan fingerprint density at radius 2 is 2.07 bits per heavy atom. The Balaban J connectivity index is 1.57. The van der Waals surface area contributed by atoms with Crippen molar-refractivity contribution in [1.82, 2.24) is 10.3 Å². The van der Waals surface area contributed by atoms with Gasteiger partial charge in [-0.25, -0.2) is 5.43 Å². The molecule has 9 heteroatoms. The van der Waals surface area contributed by atoms with Crippen molar-refractivity contribution in [2.45, 2.75) is 13.0 Å². The molecule has 1 aliphatic heterocycles. The zero-order chi connectivity index (χ0) is 20.1. The molecule has 1 atom stereocenters.